The summed E-state index contributed by atoms with van der Waals surface area (Å²) in [5, 5.41) is 6.41. The van der Waals surface area contributed by atoms with Crippen molar-refractivity contribution in [1.82, 2.24) is 5.32 Å². The van der Waals surface area contributed by atoms with E-state index in [2.05, 4.69) is 15.4 Å². The molecule has 7 heteroatoms. The number of amides is 1. The van der Waals surface area contributed by atoms with E-state index < -0.39 is 5.97 Å². The van der Waals surface area contributed by atoms with E-state index in [-0.39, 0.29) is 31.0 Å². The molecule has 1 saturated carbocycles. The van der Waals surface area contributed by atoms with Gasteiger partial charge in [0.1, 0.15) is 5.75 Å². The van der Waals surface area contributed by atoms with E-state index in [1.165, 1.54) is 32.8 Å². The molecule has 2 N–H and O–H groups in total. The Morgan fingerprint density at radius 3 is 2.84 bits per heavy atom. The van der Waals surface area contributed by atoms with E-state index in [1.54, 1.807) is 18.2 Å². The van der Waals surface area contributed by atoms with Crippen molar-refractivity contribution in [3.8, 4) is 5.75 Å². The van der Waals surface area contributed by atoms with Crippen molar-refractivity contribution in [2.45, 2.75) is 44.2 Å². The van der Waals surface area contributed by atoms with Gasteiger partial charge in [0.05, 0.1) is 13.2 Å². The van der Waals surface area contributed by atoms with Crippen molar-refractivity contribution in [2.75, 3.05) is 19.0 Å². The fourth-order valence-corrected chi connectivity index (χ4v) is 3.62. The predicted molar refractivity (Wildman–Crippen MR) is 97.1 cm³/mol. The predicted octanol–water partition coefficient (Wildman–Crippen LogP) is 2.52. The summed E-state index contributed by atoms with van der Waals surface area (Å²) in [6.45, 7) is -0.151. The van der Waals surface area contributed by atoms with E-state index in [9.17, 15) is 9.59 Å². The average Bonchev–Trinajstić information content (AvgIpc) is 3.04. The van der Waals surface area contributed by atoms with Crippen molar-refractivity contribution >= 4 is 30.0 Å². The molecule has 1 aliphatic heterocycles. The van der Waals surface area contributed by atoms with Crippen molar-refractivity contribution in [3.05, 3.63) is 24.3 Å². The lowest BCUT2D eigenvalue weighted by atomic mass is 9.85. The van der Waals surface area contributed by atoms with Gasteiger partial charge in [0.15, 0.2) is 6.61 Å². The van der Waals surface area contributed by atoms with Gasteiger partial charge in [0, 0.05) is 17.8 Å². The Balaban J connectivity index is 0.00000225. The highest BCUT2D eigenvalue weighted by Gasteiger charge is 2.38. The number of fused-ring (bicyclic) bond motifs is 1. The number of benzene rings is 1. The summed E-state index contributed by atoms with van der Waals surface area (Å²) in [5.74, 6) is 0.701. The summed E-state index contributed by atoms with van der Waals surface area (Å²) >= 11 is 0. The van der Waals surface area contributed by atoms with E-state index in [1.807, 2.05) is 6.07 Å². The molecule has 2 aliphatic rings. The quantitative estimate of drug-likeness (QED) is 0.781. The third-order valence-corrected chi connectivity index (χ3v) is 4.87. The van der Waals surface area contributed by atoms with Crippen LogP contribution in [0.4, 0.5) is 5.69 Å². The molecule has 1 saturated heterocycles. The van der Waals surface area contributed by atoms with Crippen molar-refractivity contribution < 1.29 is 19.1 Å². The van der Waals surface area contributed by atoms with Gasteiger partial charge in [-0.3, -0.25) is 4.79 Å². The maximum atomic E-state index is 12.5. The Morgan fingerprint density at radius 1 is 1.28 bits per heavy atom. The first-order valence-corrected chi connectivity index (χ1v) is 8.52. The molecule has 25 heavy (non-hydrogen) atoms. The van der Waals surface area contributed by atoms with Crippen LogP contribution in [0.25, 0.3) is 0 Å². The Labute approximate surface area is 154 Å². The summed E-state index contributed by atoms with van der Waals surface area (Å²) in [7, 11) is 1.31. The zero-order valence-corrected chi connectivity index (χ0v) is 15.1. The molecule has 3 unspecified atom stereocenters. The van der Waals surface area contributed by atoms with E-state index in [0.717, 1.165) is 6.42 Å². The van der Waals surface area contributed by atoms with Gasteiger partial charge in [-0.2, -0.15) is 0 Å². The van der Waals surface area contributed by atoms with Crippen LogP contribution < -0.4 is 15.4 Å². The van der Waals surface area contributed by atoms with Crippen LogP contribution in [0.15, 0.2) is 24.3 Å². The lowest BCUT2D eigenvalue weighted by Crippen LogP contribution is -2.39. The Bertz CT molecular complexity index is 596. The first kappa shape index (κ1) is 19.5. The molecular formula is C18H25ClN2O4. The highest BCUT2D eigenvalue weighted by atomic mass is 35.5. The molecular weight excluding hydrogens is 344 g/mol. The third kappa shape index (κ3) is 5.09. The highest BCUT2D eigenvalue weighted by Crippen LogP contribution is 2.33. The number of anilines is 1. The van der Waals surface area contributed by atoms with E-state index >= 15 is 0 Å². The molecule has 1 amide bonds. The summed E-state index contributed by atoms with van der Waals surface area (Å²) in [5.41, 5.74) is 0.666. The number of esters is 1. The van der Waals surface area contributed by atoms with Crippen LogP contribution in [0.5, 0.6) is 5.75 Å². The molecule has 0 bridgehead atoms. The Morgan fingerprint density at radius 2 is 2.08 bits per heavy atom. The third-order valence-electron chi connectivity index (χ3n) is 4.87. The van der Waals surface area contributed by atoms with Gasteiger partial charge >= 0.3 is 5.97 Å². The van der Waals surface area contributed by atoms with Crippen LogP contribution in [0.3, 0.4) is 0 Å². The number of halogens is 1. The SMILES string of the molecule is COC(=O)COc1cccc(NC(=O)C2CC3CCCCC3N2)c1.Cl. The molecule has 2 fully saturated rings. The van der Waals surface area contributed by atoms with Crippen LogP contribution in [0.1, 0.15) is 32.1 Å². The number of carbonyl (C=O) groups is 2. The van der Waals surface area contributed by atoms with E-state index in [4.69, 9.17) is 4.74 Å². The molecule has 1 aliphatic carbocycles. The normalized spacial score (nSPS) is 24.6. The molecule has 138 valence electrons. The number of carbonyl (C=O) groups excluding carboxylic acids is 2. The number of ether oxygens (including phenoxy) is 2. The van der Waals surface area contributed by atoms with Gasteiger partial charge < -0.3 is 20.1 Å². The second-order valence-corrected chi connectivity index (χ2v) is 6.49. The van der Waals surface area contributed by atoms with Gasteiger partial charge in [-0.25, -0.2) is 4.79 Å². The molecule has 0 spiro atoms. The van der Waals surface area contributed by atoms with Crippen molar-refractivity contribution in [3.63, 3.8) is 0 Å². The number of rotatable bonds is 5. The molecule has 1 aromatic carbocycles. The molecule has 0 radical (unpaired) electrons. The monoisotopic (exact) mass is 368 g/mol. The van der Waals surface area contributed by atoms with Gasteiger partial charge in [-0.05, 0) is 37.3 Å². The zero-order valence-electron chi connectivity index (χ0n) is 14.3. The molecule has 3 rings (SSSR count). The van der Waals surface area contributed by atoms with Gasteiger partial charge in [0.2, 0.25) is 5.91 Å². The van der Waals surface area contributed by atoms with Crippen LogP contribution in [0, 0.1) is 5.92 Å². The smallest absolute Gasteiger partial charge is 0.343 e. The van der Waals surface area contributed by atoms with Crippen molar-refractivity contribution in [2.24, 2.45) is 5.92 Å². The van der Waals surface area contributed by atoms with Crippen LogP contribution in [-0.2, 0) is 14.3 Å². The molecule has 1 aromatic rings. The summed E-state index contributed by atoms with van der Waals surface area (Å²) in [4.78, 5) is 23.6. The van der Waals surface area contributed by atoms with E-state index in [0.29, 0.717) is 23.4 Å². The van der Waals surface area contributed by atoms with Gasteiger partial charge in [-0.1, -0.05) is 18.9 Å². The maximum Gasteiger partial charge on any atom is 0.343 e. The molecule has 6 nitrogen and oxygen atoms in total. The minimum atomic E-state index is -0.442. The van der Waals surface area contributed by atoms with Crippen LogP contribution in [-0.4, -0.2) is 37.7 Å². The molecule has 1 heterocycles. The lowest BCUT2D eigenvalue weighted by Gasteiger charge is -2.24. The highest BCUT2D eigenvalue weighted by molar-refractivity contribution is 5.95. The standard InChI is InChI=1S/C18H24N2O4.ClH/c1-23-17(21)11-24-14-7-4-6-13(10-14)19-18(22)16-9-12-5-2-3-8-15(12)20-16;/h4,6-7,10,12,15-16,20H,2-3,5,8-9,11H2,1H3,(H,19,22);1H. The van der Waals surface area contributed by atoms with Gasteiger partial charge in [-0.15, -0.1) is 12.4 Å². The van der Waals surface area contributed by atoms with Crippen LogP contribution >= 0.6 is 12.4 Å². The van der Waals surface area contributed by atoms with Crippen molar-refractivity contribution in [1.29, 1.82) is 0 Å². The average molecular weight is 369 g/mol. The number of hydrogen-bond donors (Lipinski definition) is 2. The summed E-state index contributed by atoms with van der Waals surface area (Å²) < 4.78 is 9.88. The number of hydrogen-bond acceptors (Lipinski definition) is 5. The first-order valence-electron chi connectivity index (χ1n) is 8.52. The molecule has 0 aromatic heterocycles. The second-order valence-electron chi connectivity index (χ2n) is 6.49. The first-order chi connectivity index (χ1) is 11.7. The fourth-order valence-electron chi connectivity index (χ4n) is 3.62. The summed E-state index contributed by atoms with van der Waals surface area (Å²) in [6, 6.07) is 7.40. The fraction of sp³-hybridized carbons (Fsp3) is 0.556. The number of nitrogens with one attached hydrogen (secondary N) is 2. The topological polar surface area (TPSA) is 76.7 Å². The maximum absolute atomic E-state index is 12.5. The summed E-state index contributed by atoms with van der Waals surface area (Å²) in [6.07, 6.45) is 5.83. The minimum absolute atomic E-state index is 0. The minimum Gasteiger partial charge on any atom is -0.482 e. The zero-order chi connectivity index (χ0) is 16.9. The molecule has 3 atom stereocenters. The Hall–Kier alpha value is -1.79. The largest absolute Gasteiger partial charge is 0.482 e. The Kier molecular flexibility index (Phi) is 7.08. The van der Waals surface area contributed by atoms with Crippen LogP contribution in [0.2, 0.25) is 0 Å². The van der Waals surface area contributed by atoms with Gasteiger partial charge in [0.25, 0.3) is 0 Å². The second kappa shape index (κ2) is 9.06. The lowest BCUT2D eigenvalue weighted by molar-refractivity contribution is -0.142. The number of methoxy groups -OCH3 is 1.